The van der Waals surface area contributed by atoms with E-state index in [1.165, 1.54) is 0 Å². The summed E-state index contributed by atoms with van der Waals surface area (Å²) in [6.07, 6.45) is 2.85. The summed E-state index contributed by atoms with van der Waals surface area (Å²) in [6, 6.07) is 14.2. The van der Waals surface area contributed by atoms with Gasteiger partial charge in [0, 0.05) is 31.2 Å². The molecule has 0 aliphatic carbocycles. The fourth-order valence-corrected chi connectivity index (χ4v) is 4.44. The third-order valence-corrected chi connectivity index (χ3v) is 6.19. The van der Waals surface area contributed by atoms with E-state index in [1.807, 2.05) is 63.2 Å². The van der Waals surface area contributed by atoms with Gasteiger partial charge in [-0.1, -0.05) is 48.0 Å². The van der Waals surface area contributed by atoms with E-state index in [4.69, 9.17) is 0 Å². The molecule has 2 aromatic carbocycles. The van der Waals surface area contributed by atoms with Gasteiger partial charge in [-0.3, -0.25) is 19.3 Å². The highest BCUT2D eigenvalue weighted by molar-refractivity contribution is 5.96. The lowest BCUT2D eigenvalue weighted by molar-refractivity contribution is -0.125. The van der Waals surface area contributed by atoms with E-state index in [2.05, 4.69) is 20.9 Å². The SMILES string of the molecule is Cc1cc(C)c(NC(=O)CNC(=O)CN2CCC(NC(=O)CCc3ccccc3)CC2)c(C)c1. The third kappa shape index (κ3) is 7.99. The van der Waals surface area contributed by atoms with Crippen molar-refractivity contribution in [1.82, 2.24) is 15.5 Å². The second-order valence-electron chi connectivity index (χ2n) is 9.20. The number of likely N-dealkylation sites (tertiary alicyclic amines) is 1. The Morgan fingerprint density at radius 1 is 0.912 bits per heavy atom. The molecule has 3 amide bonds. The van der Waals surface area contributed by atoms with Gasteiger partial charge in [0.1, 0.15) is 0 Å². The van der Waals surface area contributed by atoms with Crippen LogP contribution in [0.2, 0.25) is 0 Å². The Balaban J connectivity index is 1.32. The topological polar surface area (TPSA) is 90.5 Å². The van der Waals surface area contributed by atoms with Crippen LogP contribution in [-0.2, 0) is 20.8 Å². The minimum atomic E-state index is -0.236. The lowest BCUT2D eigenvalue weighted by Gasteiger charge is -2.31. The molecule has 0 saturated carbocycles. The molecule has 3 N–H and O–H groups in total. The number of anilines is 1. The molecule has 7 heteroatoms. The van der Waals surface area contributed by atoms with Gasteiger partial charge in [-0.15, -0.1) is 0 Å². The molecular formula is C27H36N4O3. The van der Waals surface area contributed by atoms with Crippen LogP contribution in [0.1, 0.15) is 41.5 Å². The number of nitrogens with zero attached hydrogens (tertiary/aromatic N) is 1. The highest BCUT2D eigenvalue weighted by Crippen LogP contribution is 2.21. The Bertz CT molecular complexity index is 975. The summed E-state index contributed by atoms with van der Waals surface area (Å²) < 4.78 is 0. The van der Waals surface area contributed by atoms with Crippen molar-refractivity contribution in [2.75, 3.05) is 31.5 Å². The zero-order chi connectivity index (χ0) is 24.5. The number of benzene rings is 2. The Hall–Kier alpha value is -3.19. The molecule has 0 spiro atoms. The van der Waals surface area contributed by atoms with Gasteiger partial charge in [0.2, 0.25) is 17.7 Å². The maximum Gasteiger partial charge on any atom is 0.243 e. The molecule has 1 heterocycles. The van der Waals surface area contributed by atoms with Crippen LogP contribution in [0.15, 0.2) is 42.5 Å². The number of carbonyl (C=O) groups excluding carboxylic acids is 3. The summed E-state index contributed by atoms with van der Waals surface area (Å²) in [5.41, 5.74) is 5.13. The predicted octanol–water partition coefficient (Wildman–Crippen LogP) is 2.88. The van der Waals surface area contributed by atoms with Gasteiger partial charge in [-0.05, 0) is 56.7 Å². The molecule has 7 nitrogen and oxygen atoms in total. The summed E-state index contributed by atoms with van der Waals surface area (Å²) in [7, 11) is 0. The fraction of sp³-hybridized carbons (Fsp3) is 0.444. The Morgan fingerprint density at radius 3 is 2.21 bits per heavy atom. The van der Waals surface area contributed by atoms with Crippen molar-refractivity contribution in [1.29, 1.82) is 0 Å². The molecule has 1 aliphatic rings. The number of piperidine rings is 1. The number of amides is 3. The van der Waals surface area contributed by atoms with Gasteiger partial charge in [0.25, 0.3) is 0 Å². The van der Waals surface area contributed by atoms with Crippen LogP contribution in [0.25, 0.3) is 0 Å². The molecule has 3 rings (SSSR count). The molecule has 0 aromatic heterocycles. The second kappa shape index (κ2) is 12.3. The zero-order valence-electron chi connectivity index (χ0n) is 20.4. The lowest BCUT2D eigenvalue weighted by Crippen LogP contribution is -2.48. The minimum Gasteiger partial charge on any atom is -0.353 e. The second-order valence-corrected chi connectivity index (χ2v) is 9.20. The van der Waals surface area contributed by atoms with Crippen LogP contribution in [0.4, 0.5) is 5.69 Å². The lowest BCUT2D eigenvalue weighted by atomic mass is 10.0. The normalized spacial score (nSPS) is 14.4. The van der Waals surface area contributed by atoms with Crippen molar-refractivity contribution >= 4 is 23.4 Å². The van der Waals surface area contributed by atoms with E-state index in [-0.39, 0.29) is 36.9 Å². The summed E-state index contributed by atoms with van der Waals surface area (Å²) in [5.74, 6) is -0.330. The van der Waals surface area contributed by atoms with Crippen LogP contribution in [0.5, 0.6) is 0 Å². The summed E-state index contributed by atoms with van der Waals surface area (Å²) in [5, 5.41) is 8.74. The Labute approximate surface area is 202 Å². The number of carbonyl (C=O) groups is 3. The van der Waals surface area contributed by atoms with Crippen molar-refractivity contribution in [2.45, 2.75) is 52.5 Å². The van der Waals surface area contributed by atoms with Crippen molar-refractivity contribution in [3.63, 3.8) is 0 Å². The van der Waals surface area contributed by atoms with Crippen molar-refractivity contribution < 1.29 is 14.4 Å². The van der Waals surface area contributed by atoms with E-state index in [9.17, 15) is 14.4 Å². The van der Waals surface area contributed by atoms with Crippen LogP contribution in [0, 0.1) is 20.8 Å². The minimum absolute atomic E-state index is 0.0560. The first-order valence-electron chi connectivity index (χ1n) is 12.0. The molecule has 2 aromatic rings. The van der Waals surface area contributed by atoms with Crippen LogP contribution >= 0.6 is 0 Å². The van der Waals surface area contributed by atoms with Gasteiger partial charge < -0.3 is 16.0 Å². The fourth-order valence-electron chi connectivity index (χ4n) is 4.44. The molecule has 1 aliphatic heterocycles. The molecule has 0 radical (unpaired) electrons. The molecule has 0 unspecified atom stereocenters. The summed E-state index contributed by atoms with van der Waals surface area (Å²) in [6.45, 7) is 7.63. The molecule has 182 valence electrons. The summed E-state index contributed by atoms with van der Waals surface area (Å²) >= 11 is 0. The van der Waals surface area contributed by atoms with Gasteiger partial charge >= 0.3 is 0 Å². The maximum absolute atomic E-state index is 12.3. The molecule has 0 bridgehead atoms. The monoisotopic (exact) mass is 464 g/mol. The van der Waals surface area contributed by atoms with Crippen LogP contribution in [0.3, 0.4) is 0 Å². The molecule has 34 heavy (non-hydrogen) atoms. The van der Waals surface area contributed by atoms with Crippen molar-refractivity contribution in [2.24, 2.45) is 0 Å². The summed E-state index contributed by atoms with van der Waals surface area (Å²) in [4.78, 5) is 39.0. The molecule has 1 fully saturated rings. The van der Waals surface area contributed by atoms with Crippen molar-refractivity contribution in [3.8, 4) is 0 Å². The predicted molar refractivity (Wildman–Crippen MR) is 135 cm³/mol. The van der Waals surface area contributed by atoms with Crippen LogP contribution in [-0.4, -0.2) is 54.8 Å². The van der Waals surface area contributed by atoms with E-state index >= 15 is 0 Å². The van der Waals surface area contributed by atoms with Gasteiger partial charge in [0.05, 0.1) is 13.1 Å². The Kier molecular flexibility index (Phi) is 9.22. The average molecular weight is 465 g/mol. The number of aryl methyl sites for hydroxylation is 4. The van der Waals surface area contributed by atoms with E-state index in [0.717, 1.165) is 60.3 Å². The number of nitrogens with one attached hydrogen (secondary N) is 3. The first-order chi connectivity index (χ1) is 16.3. The van der Waals surface area contributed by atoms with E-state index in [1.54, 1.807) is 0 Å². The standard InChI is InChI=1S/C27H36N4O3/c1-19-15-20(2)27(21(3)16-19)30-25(33)17-28-26(34)18-31-13-11-23(12-14-31)29-24(32)10-9-22-7-5-4-6-8-22/h4-8,15-16,23H,9-14,17-18H2,1-3H3,(H,28,34)(H,29,32)(H,30,33). The van der Waals surface area contributed by atoms with Crippen LogP contribution < -0.4 is 16.0 Å². The van der Waals surface area contributed by atoms with Gasteiger partial charge in [-0.25, -0.2) is 0 Å². The molecular weight excluding hydrogens is 428 g/mol. The quantitative estimate of drug-likeness (QED) is 0.532. The van der Waals surface area contributed by atoms with Gasteiger partial charge in [-0.2, -0.15) is 0 Å². The maximum atomic E-state index is 12.3. The Morgan fingerprint density at radius 2 is 1.56 bits per heavy atom. The van der Waals surface area contributed by atoms with Gasteiger partial charge in [0.15, 0.2) is 0 Å². The number of hydrogen-bond acceptors (Lipinski definition) is 4. The first kappa shape index (κ1) is 25.4. The van der Waals surface area contributed by atoms with E-state index in [0.29, 0.717) is 6.42 Å². The average Bonchev–Trinajstić information content (AvgIpc) is 2.81. The van der Waals surface area contributed by atoms with Crippen molar-refractivity contribution in [3.05, 3.63) is 64.7 Å². The highest BCUT2D eigenvalue weighted by atomic mass is 16.2. The third-order valence-electron chi connectivity index (χ3n) is 6.19. The van der Waals surface area contributed by atoms with E-state index < -0.39 is 0 Å². The first-order valence-corrected chi connectivity index (χ1v) is 12.0. The highest BCUT2D eigenvalue weighted by Gasteiger charge is 2.22. The smallest absolute Gasteiger partial charge is 0.243 e. The molecule has 1 saturated heterocycles. The number of hydrogen-bond donors (Lipinski definition) is 3. The molecule has 0 atom stereocenters. The number of rotatable bonds is 9. The largest absolute Gasteiger partial charge is 0.353 e. The zero-order valence-corrected chi connectivity index (χ0v) is 20.4.